The van der Waals surface area contributed by atoms with E-state index >= 15 is 0 Å². The zero-order chi connectivity index (χ0) is 25.0. The highest BCUT2D eigenvalue weighted by molar-refractivity contribution is 7.84. The fourth-order valence-corrected chi connectivity index (χ4v) is 11.0. The van der Waals surface area contributed by atoms with E-state index in [-0.39, 0.29) is 18.7 Å². The van der Waals surface area contributed by atoms with Crippen LogP contribution in [0.5, 0.6) is 0 Å². The number of hydrogen-bond donors (Lipinski definition) is 1. The van der Waals surface area contributed by atoms with Gasteiger partial charge in [-0.2, -0.15) is 0 Å². The first kappa shape index (κ1) is 27.0. The van der Waals surface area contributed by atoms with Crippen molar-refractivity contribution in [1.29, 1.82) is 0 Å². The minimum Gasteiger partial charge on any atom is -0.242 e. The van der Waals surface area contributed by atoms with Crippen LogP contribution in [-0.2, 0) is 11.0 Å². The Hall–Kier alpha value is -1.02. The molecule has 0 aliphatic heterocycles. The molecule has 0 aromatic heterocycles. The summed E-state index contributed by atoms with van der Waals surface area (Å²) in [5.74, 6) is 0. The molecular weight excluding hydrogens is 465 g/mol. The summed E-state index contributed by atoms with van der Waals surface area (Å²) in [5.41, 5.74) is 6.85. The third kappa shape index (κ3) is 6.85. The molecule has 0 radical (unpaired) electrons. The van der Waals surface area contributed by atoms with Crippen molar-refractivity contribution in [2.45, 2.75) is 121 Å². The van der Waals surface area contributed by atoms with Crippen molar-refractivity contribution < 1.29 is 4.21 Å². The fourth-order valence-electron chi connectivity index (χ4n) is 6.15. The highest BCUT2D eigenvalue weighted by atomic mass is 32.2. The largest absolute Gasteiger partial charge is 0.242 e. The third-order valence-corrected chi connectivity index (χ3v) is 13.0. The molecule has 35 heavy (non-hydrogen) atoms. The lowest BCUT2D eigenvalue weighted by molar-refractivity contribution is 0.487. The molecule has 2 fully saturated rings. The standard InChI is InChI=1S/C31H46NOPS/c1-23-20-24(2)22-25(21-23)30(32-35(33)31(3,4)5)28-18-12-13-19-29(28)34(26-14-8-6-9-15-26)27-16-10-7-11-17-27/h12-13,18-22,26-27,30,32H,6-11,14-17H2,1-5H3/t30-,35?/m0/s1. The molecule has 1 N–H and O–H groups in total. The van der Waals surface area contributed by atoms with Crippen LogP contribution in [0.2, 0.25) is 0 Å². The van der Waals surface area contributed by atoms with Crippen molar-refractivity contribution in [1.82, 2.24) is 4.72 Å². The van der Waals surface area contributed by atoms with Gasteiger partial charge in [0.2, 0.25) is 0 Å². The summed E-state index contributed by atoms with van der Waals surface area (Å²) in [6, 6.07) is 16.0. The van der Waals surface area contributed by atoms with Gasteiger partial charge in [0.05, 0.1) is 21.8 Å². The third-order valence-electron chi connectivity index (χ3n) is 7.82. The molecule has 0 amide bonds. The molecule has 0 bridgehead atoms. The molecule has 0 heterocycles. The number of nitrogens with one attached hydrogen (secondary N) is 1. The molecule has 192 valence electrons. The van der Waals surface area contributed by atoms with E-state index in [1.807, 2.05) is 0 Å². The van der Waals surface area contributed by atoms with Crippen LogP contribution in [0.15, 0.2) is 42.5 Å². The van der Waals surface area contributed by atoms with E-state index in [0.29, 0.717) is 0 Å². The maximum atomic E-state index is 13.5. The summed E-state index contributed by atoms with van der Waals surface area (Å²) in [5, 5.41) is 1.59. The van der Waals surface area contributed by atoms with Crippen molar-refractivity contribution in [2.75, 3.05) is 0 Å². The van der Waals surface area contributed by atoms with Crippen LogP contribution in [0.4, 0.5) is 0 Å². The average Bonchev–Trinajstić information content (AvgIpc) is 2.83. The lowest BCUT2D eigenvalue weighted by Gasteiger charge is -2.40. The van der Waals surface area contributed by atoms with Crippen molar-refractivity contribution >= 4 is 24.2 Å². The van der Waals surface area contributed by atoms with Crippen molar-refractivity contribution in [3.63, 3.8) is 0 Å². The normalized spacial score (nSPS) is 20.2. The lowest BCUT2D eigenvalue weighted by Crippen LogP contribution is -2.38. The molecule has 1 unspecified atom stereocenters. The molecule has 2 saturated carbocycles. The zero-order valence-electron chi connectivity index (χ0n) is 22.6. The van der Waals surface area contributed by atoms with E-state index in [1.165, 1.54) is 86.5 Å². The Bertz CT molecular complexity index is 963. The Labute approximate surface area is 218 Å². The van der Waals surface area contributed by atoms with Gasteiger partial charge >= 0.3 is 0 Å². The lowest BCUT2D eigenvalue weighted by atomic mass is 9.96. The van der Waals surface area contributed by atoms with Gasteiger partial charge in [-0.15, -0.1) is 0 Å². The van der Waals surface area contributed by atoms with Gasteiger partial charge in [-0.05, 0) is 88.1 Å². The summed E-state index contributed by atoms with van der Waals surface area (Å²) < 4.78 is 16.8. The highest BCUT2D eigenvalue weighted by Crippen LogP contribution is 2.56. The number of aryl methyl sites for hydroxylation is 2. The predicted molar refractivity (Wildman–Crippen MR) is 156 cm³/mol. The Kier molecular flexibility index (Phi) is 9.28. The summed E-state index contributed by atoms with van der Waals surface area (Å²) in [6.07, 6.45) is 14.0. The van der Waals surface area contributed by atoms with Gasteiger partial charge in [-0.1, -0.05) is 100 Å². The Morgan fingerprint density at radius 1 is 0.829 bits per heavy atom. The van der Waals surface area contributed by atoms with E-state index in [9.17, 15) is 4.21 Å². The minimum atomic E-state index is -1.16. The van der Waals surface area contributed by atoms with Crippen molar-refractivity contribution in [3.8, 4) is 0 Å². The minimum absolute atomic E-state index is 0.0537. The van der Waals surface area contributed by atoms with E-state index in [4.69, 9.17) is 0 Å². The summed E-state index contributed by atoms with van der Waals surface area (Å²) >= 11 is 0. The summed E-state index contributed by atoms with van der Waals surface area (Å²) in [7, 11) is -1.40. The summed E-state index contributed by atoms with van der Waals surface area (Å²) in [6.45, 7) is 10.6. The molecule has 2 aromatic rings. The van der Waals surface area contributed by atoms with Crippen LogP contribution < -0.4 is 10.0 Å². The van der Waals surface area contributed by atoms with Crippen LogP contribution >= 0.6 is 7.92 Å². The fraction of sp³-hybridized carbons (Fsp3) is 0.613. The van der Waals surface area contributed by atoms with Gasteiger partial charge in [0.1, 0.15) is 0 Å². The van der Waals surface area contributed by atoms with Crippen LogP contribution in [0.1, 0.15) is 113 Å². The van der Waals surface area contributed by atoms with Crippen LogP contribution in [0.25, 0.3) is 0 Å². The molecule has 4 heteroatoms. The summed E-state index contributed by atoms with van der Waals surface area (Å²) in [4.78, 5) is 0. The van der Waals surface area contributed by atoms with Gasteiger partial charge in [0.25, 0.3) is 0 Å². The molecule has 2 nitrogen and oxygen atoms in total. The number of benzene rings is 2. The second kappa shape index (κ2) is 12.0. The van der Waals surface area contributed by atoms with Crippen LogP contribution in [0.3, 0.4) is 0 Å². The topological polar surface area (TPSA) is 29.1 Å². The smallest absolute Gasteiger partial charge is 0.0979 e. The monoisotopic (exact) mass is 511 g/mol. The van der Waals surface area contributed by atoms with Crippen LogP contribution in [-0.4, -0.2) is 20.3 Å². The quantitative estimate of drug-likeness (QED) is 0.373. The highest BCUT2D eigenvalue weighted by Gasteiger charge is 2.35. The first-order chi connectivity index (χ1) is 16.7. The Morgan fingerprint density at radius 3 is 1.86 bits per heavy atom. The van der Waals surface area contributed by atoms with E-state index in [0.717, 1.165) is 11.3 Å². The van der Waals surface area contributed by atoms with Gasteiger partial charge in [-0.3, -0.25) is 0 Å². The number of hydrogen-bond acceptors (Lipinski definition) is 1. The Morgan fingerprint density at radius 2 is 1.34 bits per heavy atom. The molecule has 2 aliphatic rings. The second-order valence-electron chi connectivity index (χ2n) is 11.9. The average molecular weight is 512 g/mol. The molecule has 4 rings (SSSR count). The number of rotatable bonds is 7. The first-order valence-electron chi connectivity index (χ1n) is 13.9. The van der Waals surface area contributed by atoms with E-state index < -0.39 is 11.0 Å². The maximum Gasteiger partial charge on any atom is 0.0979 e. The first-order valence-corrected chi connectivity index (χ1v) is 16.5. The van der Waals surface area contributed by atoms with Gasteiger partial charge in [0.15, 0.2) is 0 Å². The zero-order valence-corrected chi connectivity index (χ0v) is 24.3. The van der Waals surface area contributed by atoms with E-state index in [1.54, 1.807) is 5.30 Å². The van der Waals surface area contributed by atoms with Gasteiger partial charge < -0.3 is 0 Å². The molecule has 0 spiro atoms. The second-order valence-corrected chi connectivity index (χ2v) is 16.7. The van der Waals surface area contributed by atoms with E-state index in [2.05, 4.69) is 81.8 Å². The maximum absolute atomic E-state index is 13.5. The van der Waals surface area contributed by atoms with Gasteiger partial charge in [-0.25, -0.2) is 8.93 Å². The molecule has 2 aliphatic carbocycles. The SMILES string of the molecule is Cc1cc(C)cc([C@H](NS(=O)C(C)(C)C)c2ccccc2P(C2CCCCC2)C2CCCCC2)c1. The van der Waals surface area contributed by atoms with Crippen LogP contribution in [0, 0.1) is 13.8 Å². The van der Waals surface area contributed by atoms with Crippen molar-refractivity contribution in [3.05, 3.63) is 64.7 Å². The molecule has 2 atom stereocenters. The molecule has 0 saturated heterocycles. The van der Waals surface area contributed by atoms with Gasteiger partial charge in [0, 0.05) is 0 Å². The predicted octanol–water partition coefficient (Wildman–Crippen LogP) is 8.22. The van der Waals surface area contributed by atoms with Crippen molar-refractivity contribution in [2.24, 2.45) is 0 Å². The molecule has 2 aromatic carbocycles. The molecular formula is C31H46NOPS. The Balaban J connectivity index is 1.82.